The zero-order valence-corrected chi connectivity index (χ0v) is 9.41. The third-order valence-corrected chi connectivity index (χ3v) is 6.94. The Morgan fingerprint density at radius 2 is 2.27 bits per heavy atom. The Morgan fingerprint density at radius 3 is 3.20 bits per heavy atom. The van der Waals surface area contributed by atoms with Crippen LogP contribution < -0.4 is 0 Å². The Bertz CT molecular complexity index is 362. The molecule has 5 aliphatic rings. The zero-order valence-electron chi connectivity index (χ0n) is 9.41. The van der Waals surface area contributed by atoms with Gasteiger partial charge < -0.3 is 0 Å². The van der Waals surface area contributed by atoms with Crippen molar-refractivity contribution in [2.24, 2.45) is 35.0 Å². The second-order valence-corrected chi connectivity index (χ2v) is 7.04. The summed E-state index contributed by atoms with van der Waals surface area (Å²) in [5.41, 5.74) is 2.80. The lowest BCUT2D eigenvalue weighted by molar-refractivity contribution is -0.106. The van der Waals surface area contributed by atoms with E-state index in [1.807, 2.05) is 5.57 Å². The molecule has 80 valence electrons. The second kappa shape index (κ2) is 2.21. The van der Waals surface area contributed by atoms with Crippen LogP contribution >= 0.6 is 0 Å². The first kappa shape index (κ1) is 7.92. The van der Waals surface area contributed by atoms with Crippen molar-refractivity contribution >= 4 is 0 Å². The van der Waals surface area contributed by atoms with E-state index in [4.69, 9.17) is 0 Å². The molecule has 6 unspecified atom stereocenters. The van der Waals surface area contributed by atoms with E-state index >= 15 is 0 Å². The molecule has 4 fully saturated rings. The summed E-state index contributed by atoms with van der Waals surface area (Å²) in [5.74, 6) is 5.71. The van der Waals surface area contributed by atoms with Crippen LogP contribution in [0.2, 0.25) is 0 Å². The fourth-order valence-corrected chi connectivity index (χ4v) is 6.70. The van der Waals surface area contributed by atoms with Gasteiger partial charge in [-0.15, -0.1) is 0 Å². The summed E-state index contributed by atoms with van der Waals surface area (Å²) >= 11 is 0. The molecule has 0 heteroatoms. The SMILES string of the molecule is C1=C2CC(C1)C1C2CC2C3CCCC21C3. The first-order chi connectivity index (χ1) is 7.38. The largest absolute Gasteiger partial charge is 0.0847 e. The van der Waals surface area contributed by atoms with Gasteiger partial charge in [0.05, 0.1) is 0 Å². The molecule has 0 aromatic carbocycles. The van der Waals surface area contributed by atoms with Crippen LogP contribution in [-0.2, 0) is 0 Å². The molecule has 6 atom stereocenters. The molecular weight excluding hydrogens is 180 g/mol. The number of hydrogen-bond acceptors (Lipinski definition) is 0. The van der Waals surface area contributed by atoms with E-state index < -0.39 is 0 Å². The molecule has 0 aliphatic heterocycles. The highest BCUT2D eigenvalue weighted by Crippen LogP contribution is 2.77. The molecule has 4 bridgehead atoms. The predicted molar refractivity (Wildman–Crippen MR) is 60.3 cm³/mol. The van der Waals surface area contributed by atoms with Crippen molar-refractivity contribution in [3.8, 4) is 0 Å². The standard InChI is InChI=1S/C15H20/c1-2-11-8-15(5-1)13(11)7-12-9-3-4-10(6-9)14(12)15/h3,10-14H,1-2,4-8H2. The first-order valence-electron chi connectivity index (χ1n) is 7.07. The maximum atomic E-state index is 2.61. The highest BCUT2D eigenvalue weighted by Gasteiger charge is 2.69. The highest BCUT2D eigenvalue weighted by atomic mass is 14.7. The molecular formula is C15H20. The topological polar surface area (TPSA) is 0 Å². The molecule has 0 spiro atoms. The molecule has 5 rings (SSSR count). The molecule has 0 saturated heterocycles. The Balaban J connectivity index is 1.64. The van der Waals surface area contributed by atoms with Gasteiger partial charge in [-0.1, -0.05) is 24.5 Å². The average Bonchev–Trinajstić information content (AvgIpc) is 2.90. The van der Waals surface area contributed by atoms with Crippen molar-refractivity contribution in [3.63, 3.8) is 0 Å². The number of allylic oxidation sites excluding steroid dienone is 2. The number of rotatable bonds is 0. The van der Waals surface area contributed by atoms with Crippen LogP contribution in [0.3, 0.4) is 0 Å². The molecule has 4 saturated carbocycles. The van der Waals surface area contributed by atoms with Crippen molar-refractivity contribution < 1.29 is 0 Å². The van der Waals surface area contributed by atoms with Gasteiger partial charge in [0.1, 0.15) is 0 Å². The van der Waals surface area contributed by atoms with E-state index in [9.17, 15) is 0 Å². The Kier molecular flexibility index (Phi) is 1.17. The fraction of sp³-hybridized carbons (Fsp3) is 0.867. The molecule has 0 nitrogen and oxygen atoms in total. The van der Waals surface area contributed by atoms with E-state index in [0.29, 0.717) is 0 Å². The number of hydrogen-bond donors (Lipinski definition) is 0. The van der Waals surface area contributed by atoms with Crippen molar-refractivity contribution in [1.29, 1.82) is 0 Å². The molecule has 0 amide bonds. The molecule has 0 heterocycles. The van der Waals surface area contributed by atoms with Gasteiger partial charge in [-0.05, 0) is 67.1 Å². The summed E-state index contributed by atoms with van der Waals surface area (Å²) in [6.45, 7) is 0. The second-order valence-electron chi connectivity index (χ2n) is 7.04. The van der Waals surface area contributed by atoms with E-state index in [1.165, 1.54) is 30.6 Å². The smallest absolute Gasteiger partial charge is 0.0164 e. The summed E-state index contributed by atoms with van der Waals surface area (Å²) in [6.07, 6.45) is 13.6. The van der Waals surface area contributed by atoms with Crippen LogP contribution in [-0.4, -0.2) is 0 Å². The van der Waals surface area contributed by atoms with Crippen LogP contribution in [0.4, 0.5) is 0 Å². The van der Waals surface area contributed by atoms with Gasteiger partial charge in [-0.3, -0.25) is 0 Å². The molecule has 15 heavy (non-hydrogen) atoms. The zero-order chi connectivity index (χ0) is 9.62. The number of fused-ring (bicyclic) bond motifs is 5. The first-order valence-corrected chi connectivity index (χ1v) is 7.07. The minimum absolute atomic E-state index is 0.897. The van der Waals surface area contributed by atoms with Crippen molar-refractivity contribution in [2.45, 2.75) is 44.9 Å². The van der Waals surface area contributed by atoms with E-state index in [0.717, 1.165) is 17.3 Å². The van der Waals surface area contributed by atoms with Gasteiger partial charge in [0.15, 0.2) is 0 Å². The summed E-state index contributed by atoms with van der Waals surface area (Å²) in [5, 5.41) is 0. The van der Waals surface area contributed by atoms with Crippen LogP contribution in [0.5, 0.6) is 0 Å². The Hall–Kier alpha value is -0.260. The Morgan fingerprint density at radius 1 is 1.27 bits per heavy atom. The summed E-state index contributed by atoms with van der Waals surface area (Å²) in [7, 11) is 0. The van der Waals surface area contributed by atoms with Crippen molar-refractivity contribution in [3.05, 3.63) is 11.6 Å². The minimum atomic E-state index is 0.897. The monoisotopic (exact) mass is 200 g/mol. The normalized spacial score (nSPS) is 63.5. The summed E-state index contributed by atoms with van der Waals surface area (Å²) in [4.78, 5) is 0. The summed E-state index contributed by atoms with van der Waals surface area (Å²) in [6, 6.07) is 0. The minimum Gasteiger partial charge on any atom is -0.0847 e. The molecule has 0 aromatic rings. The van der Waals surface area contributed by atoms with Crippen LogP contribution in [0, 0.1) is 35.0 Å². The maximum absolute atomic E-state index is 2.61. The van der Waals surface area contributed by atoms with Gasteiger partial charge in [0.25, 0.3) is 0 Å². The lowest BCUT2D eigenvalue weighted by Gasteiger charge is -2.60. The van der Waals surface area contributed by atoms with Gasteiger partial charge in [-0.2, -0.15) is 0 Å². The molecule has 0 aromatic heterocycles. The Labute approximate surface area is 92.1 Å². The molecule has 5 aliphatic carbocycles. The van der Waals surface area contributed by atoms with E-state index in [1.54, 1.807) is 32.1 Å². The summed E-state index contributed by atoms with van der Waals surface area (Å²) < 4.78 is 0. The van der Waals surface area contributed by atoms with Gasteiger partial charge in [0, 0.05) is 0 Å². The van der Waals surface area contributed by atoms with E-state index in [-0.39, 0.29) is 0 Å². The third-order valence-electron chi connectivity index (χ3n) is 6.94. The molecule has 0 N–H and O–H groups in total. The van der Waals surface area contributed by atoms with Crippen LogP contribution in [0.15, 0.2) is 11.6 Å². The van der Waals surface area contributed by atoms with E-state index in [2.05, 4.69) is 6.08 Å². The van der Waals surface area contributed by atoms with Gasteiger partial charge in [-0.25, -0.2) is 0 Å². The molecule has 0 radical (unpaired) electrons. The lowest BCUT2D eigenvalue weighted by Crippen LogP contribution is -2.52. The van der Waals surface area contributed by atoms with Crippen molar-refractivity contribution in [1.82, 2.24) is 0 Å². The van der Waals surface area contributed by atoms with Gasteiger partial charge in [0.2, 0.25) is 0 Å². The third kappa shape index (κ3) is 0.681. The van der Waals surface area contributed by atoms with Crippen LogP contribution in [0.1, 0.15) is 44.9 Å². The highest BCUT2D eigenvalue weighted by molar-refractivity contribution is 5.31. The maximum Gasteiger partial charge on any atom is -0.0164 e. The van der Waals surface area contributed by atoms with Gasteiger partial charge >= 0.3 is 0 Å². The quantitative estimate of drug-likeness (QED) is 0.522. The fourth-order valence-electron chi connectivity index (χ4n) is 6.70. The predicted octanol–water partition coefficient (Wildman–Crippen LogP) is 3.78. The lowest BCUT2D eigenvalue weighted by atomic mass is 9.45. The average molecular weight is 200 g/mol. The van der Waals surface area contributed by atoms with Crippen molar-refractivity contribution in [2.75, 3.05) is 0 Å². The van der Waals surface area contributed by atoms with Crippen LogP contribution in [0.25, 0.3) is 0 Å².